The molecule has 1 heterocycles. The Kier molecular flexibility index (Phi) is 4.26. The van der Waals surface area contributed by atoms with Crippen LogP contribution in [0.5, 0.6) is 0 Å². The van der Waals surface area contributed by atoms with E-state index in [0.717, 1.165) is 13.1 Å². The standard InChI is InChI=1S/C19H24N2/c1-15-13-18(11-10-17(15)14-20-2)21-12-6-5-8-16-7-3-4-9-19(16)21/h3-4,7,9-11,13,20H,5-6,8,12,14H2,1-2H3. The number of nitrogens with zero attached hydrogens (tertiary/aromatic N) is 1. The van der Waals surface area contributed by atoms with E-state index in [4.69, 9.17) is 0 Å². The first-order valence-corrected chi connectivity index (χ1v) is 7.89. The number of rotatable bonds is 3. The summed E-state index contributed by atoms with van der Waals surface area (Å²) in [5.41, 5.74) is 6.93. The number of aryl methyl sites for hydroxylation is 2. The number of para-hydroxylation sites is 1. The van der Waals surface area contributed by atoms with Crippen molar-refractivity contribution in [2.45, 2.75) is 32.7 Å². The predicted molar refractivity (Wildman–Crippen MR) is 90.3 cm³/mol. The van der Waals surface area contributed by atoms with E-state index >= 15 is 0 Å². The average Bonchev–Trinajstić information content (AvgIpc) is 2.72. The van der Waals surface area contributed by atoms with Gasteiger partial charge in [0.05, 0.1) is 0 Å². The Balaban J connectivity index is 1.98. The van der Waals surface area contributed by atoms with Crippen LogP contribution in [0.15, 0.2) is 42.5 Å². The van der Waals surface area contributed by atoms with Crippen LogP contribution in [0.25, 0.3) is 0 Å². The fourth-order valence-electron chi connectivity index (χ4n) is 3.20. The van der Waals surface area contributed by atoms with Crippen LogP contribution in [-0.4, -0.2) is 13.6 Å². The Bertz CT molecular complexity index is 619. The topological polar surface area (TPSA) is 15.3 Å². The Morgan fingerprint density at radius 2 is 1.95 bits per heavy atom. The van der Waals surface area contributed by atoms with E-state index in [1.54, 1.807) is 0 Å². The number of hydrogen-bond donors (Lipinski definition) is 1. The number of fused-ring (bicyclic) bond motifs is 1. The van der Waals surface area contributed by atoms with Crippen LogP contribution in [0.4, 0.5) is 11.4 Å². The van der Waals surface area contributed by atoms with Crippen LogP contribution in [0.1, 0.15) is 29.5 Å². The lowest BCUT2D eigenvalue weighted by atomic mass is 10.1. The highest BCUT2D eigenvalue weighted by Gasteiger charge is 2.16. The van der Waals surface area contributed by atoms with Crippen LogP contribution in [0, 0.1) is 6.92 Å². The smallest absolute Gasteiger partial charge is 0.0443 e. The highest BCUT2D eigenvalue weighted by molar-refractivity contribution is 5.68. The van der Waals surface area contributed by atoms with Gasteiger partial charge in [0.25, 0.3) is 0 Å². The van der Waals surface area contributed by atoms with Crippen molar-refractivity contribution in [3.63, 3.8) is 0 Å². The summed E-state index contributed by atoms with van der Waals surface area (Å²) in [4.78, 5) is 2.48. The van der Waals surface area contributed by atoms with Gasteiger partial charge in [0, 0.05) is 24.5 Å². The minimum absolute atomic E-state index is 0.933. The monoisotopic (exact) mass is 280 g/mol. The molecule has 0 unspecified atom stereocenters. The summed E-state index contributed by atoms with van der Waals surface area (Å²) in [6, 6.07) is 15.7. The molecule has 1 aliphatic heterocycles. The molecule has 0 spiro atoms. The van der Waals surface area contributed by atoms with Gasteiger partial charge in [-0.2, -0.15) is 0 Å². The molecule has 0 atom stereocenters. The Morgan fingerprint density at radius 1 is 1.10 bits per heavy atom. The minimum atomic E-state index is 0.933. The lowest BCUT2D eigenvalue weighted by molar-refractivity contribution is 0.760. The van der Waals surface area contributed by atoms with Gasteiger partial charge in [0.1, 0.15) is 0 Å². The molecule has 3 rings (SSSR count). The van der Waals surface area contributed by atoms with E-state index in [1.807, 2.05) is 7.05 Å². The van der Waals surface area contributed by atoms with Gasteiger partial charge >= 0.3 is 0 Å². The van der Waals surface area contributed by atoms with E-state index < -0.39 is 0 Å². The molecule has 0 aromatic heterocycles. The first-order valence-electron chi connectivity index (χ1n) is 7.89. The maximum absolute atomic E-state index is 3.24. The summed E-state index contributed by atoms with van der Waals surface area (Å²) in [5.74, 6) is 0. The van der Waals surface area contributed by atoms with Crippen molar-refractivity contribution in [1.29, 1.82) is 0 Å². The first kappa shape index (κ1) is 14.2. The maximum atomic E-state index is 3.24. The third kappa shape index (κ3) is 2.96. The molecule has 21 heavy (non-hydrogen) atoms. The summed E-state index contributed by atoms with van der Waals surface area (Å²) in [5, 5.41) is 3.24. The largest absolute Gasteiger partial charge is 0.341 e. The SMILES string of the molecule is CNCc1ccc(N2CCCCc3ccccc32)cc1C. The molecule has 0 bridgehead atoms. The lowest BCUT2D eigenvalue weighted by Gasteiger charge is -2.26. The quantitative estimate of drug-likeness (QED) is 0.907. The van der Waals surface area contributed by atoms with E-state index in [-0.39, 0.29) is 0 Å². The second-order valence-electron chi connectivity index (χ2n) is 5.88. The Morgan fingerprint density at radius 3 is 2.76 bits per heavy atom. The molecule has 2 aromatic carbocycles. The molecule has 1 N–H and O–H groups in total. The van der Waals surface area contributed by atoms with Crippen molar-refractivity contribution in [2.24, 2.45) is 0 Å². The van der Waals surface area contributed by atoms with Gasteiger partial charge in [0.15, 0.2) is 0 Å². The summed E-state index contributed by atoms with van der Waals surface area (Å²) < 4.78 is 0. The first-order chi connectivity index (χ1) is 10.3. The lowest BCUT2D eigenvalue weighted by Crippen LogP contribution is -2.18. The molecule has 2 heteroatoms. The molecule has 110 valence electrons. The third-order valence-corrected chi connectivity index (χ3v) is 4.37. The summed E-state index contributed by atoms with van der Waals surface area (Å²) in [7, 11) is 2.00. The van der Waals surface area contributed by atoms with Crippen LogP contribution in [-0.2, 0) is 13.0 Å². The molecular weight excluding hydrogens is 256 g/mol. The predicted octanol–water partition coefficient (Wildman–Crippen LogP) is 4.19. The molecule has 2 aromatic rings. The van der Waals surface area contributed by atoms with Gasteiger partial charge in [-0.3, -0.25) is 0 Å². The number of benzene rings is 2. The van der Waals surface area contributed by atoms with E-state index in [1.165, 1.54) is 47.3 Å². The molecule has 2 nitrogen and oxygen atoms in total. The molecule has 0 saturated heterocycles. The zero-order valence-electron chi connectivity index (χ0n) is 13.0. The van der Waals surface area contributed by atoms with Crippen molar-refractivity contribution >= 4 is 11.4 Å². The van der Waals surface area contributed by atoms with E-state index in [9.17, 15) is 0 Å². The molecule has 1 aliphatic rings. The van der Waals surface area contributed by atoms with E-state index in [2.05, 4.69) is 59.6 Å². The van der Waals surface area contributed by atoms with Crippen molar-refractivity contribution in [3.05, 3.63) is 59.2 Å². The Hall–Kier alpha value is -1.80. The van der Waals surface area contributed by atoms with Crippen molar-refractivity contribution in [1.82, 2.24) is 5.32 Å². The van der Waals surface area contributed by atoms with Crippen molar-refractivity contribution in [3.8, 4) is 0 Å². The second kappa shape index (κ2) is 6.31. The maximum Gasteiger partial charge on any atom is 0.0443 e. The van der Waals surface area contributed by atoms with Crippen LogP contribution < -0.4 is 10.2 Å². The molecular formula is C19H24N2. The van der Waals surface area contributed by atoms with E-state index in [0.29, 0.717) is 0 Å². The molecule has 0 fully saturated rings. The normalized spacial score (nSPS) is 14.7. The van der Waals surface area contributed by atoms with Gasteiger partial charge < -0.3 is 10.2 Å². The zero-order chi connectivity index (χ0) is 14.7. The number of hydrogen-bond acceptors (Lipinski definition) is 2. The second-order valence-corrected chi connectivity index (χ2v) is 5.88. The van der Waals surface area contributed by atoms with Crippen LogP contribution in [0.3, 0.4) is 0 Å². The van der Waals surface area contributed by atoms with Gasteiger partial charge in [-0.15, -0.1) is 0 Å². The third-order valence-electron chi connectivity index (χ3n) is 4.37. The highest BCUT2D eigenvalue weighted by Crippen LogP contribution is 2.33. The van der Waals surface area contributed by atoms with Crippen molar-refractivity contribution < 1.29 is 0 Å². The highest BCUT2D eigenvalue weighted by atomic mass is 15.1. The summed E-state index contributed by atoms with van der Waals surface area (Å²) in [6.07, 6.45) is 3.74. The fourth-order valence-corrected chi connectivity index (χ4v) is 3.20. The van der Waals surface area contributed by atoms with Crippen LogP contribution in [0.2, 0.25) is 0 Å². The molecule has 0 saturated carbocycles. The fraction of sp³-hybridized carbons (Fsp3) is 0.368. The number of anilines is 2. The van der Waals surface area contributed by atoms with Gasteiger partial charge in [-0.25, -0.2) is 0 Å². The molecule has 0 amide bonds. The van der Waals surface area contributed by atoms with Gasteiger partial charge in [-0.05, 0) is 68.1 Å². The Labute approximate surface area is 127 Å². The molecule has 0 radical (unpaired) electrons. The summed E-state index contributed by atoms with van der Waals surface area (Å²) in [6.45, 7) is 4.25. The minimum Gasteiger partial charge on any atom is -0.341 e. The zero-order valence-corrected chi connectivity index (χ0v) is 13.0. The van der Waals surface area contributed by atoms with Gasteiger partial charge in [-0.1, -0.05) is 24.3 Å². The van der Waals surface area contributed by atoms with Crippen molar-refractivity contribution in [2.75, 3.05) is 18.5 Å². The summed E-state index contributed by atoms with van der Waals surface area (Å²) >= 11 is 0. The average molecular weight is 280 g/mol. The van der Waals surface area contributed by atoms with Gasteiger partial charge in [0.2, 0.25) is 0 Å². The number of nitrogens with one attached hydrogen (secondary N) is 1. The molecule has 0 aliphatic carbocycles. The van der Waals surface area contributed by atoms with Crippen LogP contribution >= 0.6 is 0 Å².